The number of carbonyl (C=O) groups is 1. The average Bonchev–Trinajstić information content (AvgIpc) is 3.15. The topological polar surface area (TPSA) is 69.9 Å². The first kappa shape index (κ1) is 20.4. The van der Waals surface area contributed by atoms with Crippen LogP contribution in [0.3, 0.4) is 0 Å². The van der Waals surface area contributed by atoms with E-state index in [4.69, 9.17) is 4.42 Å². The lowest BCUT2D eigenvalue weighted by Gasteiger charge is -2.14. The summed E-state index contributed by atoms with van der Waals surface area (Å²) < 4.78 is 32.2. The highest BCUT2D eigenvalue weighted by atomic mass is 19.1. The summed E-state index contributed by atoms with van der Waals surface area (Å²) in [7, 11) is 3.31. The van der Waals surface area contributed by atoms with Crippen molar-refractivity contribution in [3.05, 3.63) is 59.6 Å². The zero-order valence-corrected chi connectivity index (χ0v) is 15.5. The van der Waals surface area contributed by atoms with Gasteiger partial charge < -0.3 is 20.0 Å². The highest BCUT2D eigenvalue weighted by molar-refractivity contribution is 5.84. The van der Waals surface area contributed by atoms with E-state index in [1.54, 1.807) is 20.4 Å². The van der Waals surface area contributed by atoms with E-state index in [0.29, 0.717) is 25.5 Å². The van der Waals surface area contributed by atoms with Gasteiger partial charge in [0.15, 0.2) is 5.96 Å². The fraction of sp³-hybridized carbons (Fsp3) is 0.368. The second kappa shape index (κ2) is 10.3. The summed E-state index contributed by atoms with van der Waals surface area (Å²) in [6, 6.07) is 7.05. The van der Waals surface area contributed by atoms with Gasteiger partial charge in [-0.05, 0) is 42.3 Å². The van der Waals surface area contributed by atoms with Crippen LogP contribution in [0, 0.1) is 11.6 Å². The number of halogens is 2. The van der Waals surface area contributed by atoms with Crippen molar-refractivity contribution in [3.8, 4) is 0 Å². The van der Waals surface area contributed by atoms with Gasteiger partial charge in [0.05, 0.1) is 6.26 Å². The van der Waals surface area contributed by atoms with E-state index in [1.807, 2.05) is 12.1 Å². The SMILES string of the molecule is CN(C)C(=O)CN=C(NCCc1ccco1)NCCc1cc(F)ccc1F. The summed E-state index contributed by atoms with van der Waals surface area (Å²) in [5.74, 6) is 0.179. The molecule has 6 nitrogen and oxygen atoms in total. The van der Waals surface area contributed by atoms with Crippen LogP contribution in [0.4, 0.5) is 8.78 Å². The van der Waals surface area contributed by atoms with Crippen LogP contribution in [0.2, 0.25) is 0 Å². The predicted octanol–water partition coefficient (Wildman–Crippen LogP) is 1.97. The Morgan fingerprint density at radius 3 is 2.56 bits per heavy atom. The van der Waals surface area contributed by atoms with Crippen LogP contribution in [-0.2, 0) is 17.6 Å². The van der Waals surface area contributed by atoms with E-state index in [-0.39, 0.29) is 24.4 Å². The number of amides is 1. The van der Waals surface area contributed by atoms with Gasteiger partial charge in [-0.1, -0.05) is 0 Å². The van der Waals surface area contributed by atoms with Crippen molar-refractivity contribution in [1.82, 2.24) is 15.5 Å². The van der Waals surface area contributed by atoms with Crippen molar-refractivity contribution in [3.63, 3.8) is 0 Å². The van der Waals surface area contributed by atoms with Crippen LogP contribution >= 0.6 is 0 Å². The van der Waals surface area contributed by atoms with Crippen molar-refractivity contribution in [2.24, 2.45) is 4.99 Å². The van der Waals surface area contributed by atoms with Crippen LogP contribution in [-0.4, -0.2) is 50.5 Å². The summed E-state index contributed by atoms with van der Waals surface area (Å²) in [4.78, 5) is 17.4. The molecule has 8 heteroatoms. The molecule has 0 aliphatic rings. The molecule has 27 heavy (non-hydrogen) atoms. The van der Waals surface area contributed by atoms with Crippen molar-refractivity contribution in [2.45, 2.75) is 12.8 Å². The standard InChI is InChI=1S/C19H24F2N4O2/c1-25(2)18(26)13-24-19(23-10-8-16-4-3-11-27-16)22-9-7-14-12-15(20)5-6-17(14)21/h3-6,11-12H,7-10,13H2,1-2H3,(H2,22,23,24). The van der Waals surface area contributed by atoms with Gasteiger partial charge >= 0.3 is 0 Å². The molecule has 0 radical (unpaired) electrons. The number of benzene rings is 1. The third kappa shape index (κ3) is 7.08. The van der Waals surface area contributed by atoms with Gasteiger partial charge in [0, 0.05) is 33.6 Å². The molecule has 0 spiro atoms. The number of hydrogen-bond acceptors (Lipinski definition) is 3. The van der Waals surface area contributed by atoms with Crippen LogP contribution < -0.4 is 10.6 Å². The molecule has 0 saturated carbocycles. The highest BCUT2D eigenvalue weighted by Gasteiger charge is 2.07. The number of nitrogens with one attached hydrogen (secondary N) is 2. The molecule has 146 valence electrons. The van der Waals surface area contributed by atoms with Crippen molar-refractivity contribution in [1.29, 1.82) is 0 Å². The number of furan rings is 1. The third-order valence-corrected chi connectivity index (χ3v) is 3.81. The predicted molar refractivity (Wildman–Crippen MR) is 99.5 cm³/mol. The molecular weight excluding hydrogens is 354 g/mol. The largest absolute Gasteiger partial charge is 0.469 e. The molecule has 2 rings (SSSR count). The number of hydrogen-bond donors (Lipinski definition) is 2. The van der Waals surface area contributed by atoms with Crippen molar-refractivity contribution >= 4 is 11.9 Å². The number of carbonyl (C=O) groups excluding carboxylic acids is 1. The van der Waals surface area contributed by atoms with Gasteiger partial charge in [-0.25, -0.2) is 13.8 Å². The Morgan fingerprint density at radius 1 is 1.15 bits per heavy atom. The molecule has 0 aliphatic carbocycles. The molecule has 2 aromatic rings. The van der Waals surface area contributed by atoms with E-state index in [9.17, 15) is 13.6 Å². The molecule has 0 fully saturated rings. The first-order valence-corrected chi connectivity index (χ1v) is 8.64. The first-order valence-electron chi connectivity index (χ1n) is 8.64. The normalized spacial score (nSPS) is 11.3. The molecule has 1 aromatic carbocycles. The van der Waals surface area contributed by atoms with E-state index in [2.05, 4.69) is 15.6 Å². The smallest absolute Gasteiger partial charge is 0.243 e. The molecule has 0 saturated heterocycles. The fourth-order valence-corrected chi connectivity index (χ4v) is 2.27. The van der Waals surface area contributed by atoms with E-state index in [1.165, 1.54) is 11.0 Å². The van der Waals surface area contributed by atoms with Crippen LogP contribution in [0.5, 0.6) is 0 Å². The quantitative estimate of drug-likeness (QED) is 0.544. The molecule has 0 aliphatic heterocycles. The van der Waals surface area contributed by atoms with E-state index in [0.717, 1.165) is 17.9 Å². The zero-order chi connectivity index (χ0) is 19.6. The highest BCUT2D eigenvalue weighted by Crippen LogP contribution is 2.09. The molecule has 1 aromatic heterocycles. The molecule has 0 bridgehead atoms. The molecular formula is C19H24F2N4O2. The summed E-state index contributed by atoms with van der Waals surface area (Å²) >= 11 is 0. The summed E-state index contributed by atoms with van der Waals surface area (Å²) in [5.41, 5.74) is 0.279. The first-order chi connectivity index (χ1) is 13.0. The average molecular weight is 378 g/mol. The van der Waals surface area contributed by atoms with Crippen LogP contribution in [0.1, 0.15) is 11.3 Å². The Balaban J connectivity index is 1.90. The Bertz CT molecular complexity index is 761. The summed E-state index contributed by atoms with van der Waals surface area (Å²) in [6.07, 6.45) is 2.53. The van der Waals surface area contributed by atoms with Crippen LogP contribution in [0.25, 0.3) is 0 Å². The minimum Gasteiger partial charge on any atom is -0.469 e. The van der Waals surface area contributed by atoms with Gasteiger partial charge in [-0.15, -0.1) is 0 Å². The second-order valence-corrected chi connectivity index (χ2v) is 6.12. The minimum absolute atomic E-state index is 0.0165. The Hall–Kier alpha value is -2.90. The van der Waals surface area contributed by atoms with Crippen LogP contribution in [0.15, 0.2) is 46.0 Å². The molecule has 1 heterocycles. The number of nitrogens with zero attached hydrogens (tertiary/aromatic N) is 2. The number of aliphatic imine (C=N–C) groups is 1. The monoisotopic (exact) mass is 378 g/mol. The Labute approximate surface area is 157 Å². The van der Waals surface area contributed by atoms with Gasteiger partial charge in [0.2, 0.25) is 5.91 Å². The Morgan fingerprint density at radius 2 is 1.89 bits per heavy atom. The molecule has 2 N–H and O–H groups in total. The fourth-order valence-electron chi connectivity index (χ4n) is 2.27. The maximum Gasteiger partial charge on any atom is 0.243 e. The maximum absolute atomic E-state index is 13.7. The maximum atomic E-state index is 13.7. The van der Waals surface area contributed by atoms with Gasteiger partial charge in [0.1, 0.15) is 23.9 Å². The Kier molecular flexibility index (Phi) is 7.79. The van der Waals surface area contributed by atoms with Crippen molar-refractivity contribution < 1.29 is 18.0 Å². The van der Waals surface area contributed by atoms with E-state index < -0.39 is 11.6 Å². The third-order valence-electron chi connectivity index (χ3n) is 3.81. The minimum atomic E-state index is -0.478. The van der Waals surface area contributed by atoms with E-state index >= 15 is 0 Å². The van der Waals surface area contributed by atoms with Gasteiger partial charge in [-0.2, -0.15) is 0 Å². The second-order valence-electron chi connectivity index (χ2n) is 6.12. The molecule has 0 atom stereocenters. The zero-order valence-electron chi connectivity index (χ0n) is 15.5. The van der Waals surface area contributed by atoms with Crippen molar-refractivity contribution in [2.75, 3.05) is 33.7 Å². The van der Waals surface area contributed by atoms with Gasteiger partial charge in [0.25, 0.3) is 0 Å². The van der Waals surface area contributed by atoms with Gasteiger partial charge in [-0.3, -0.25) is 4.79 Å². The molecule has 1 amide bonds. The summed E-state index contributed by atoms with van der Waals surface area (Å²) in [6.45, 7) is 0.865. The lowest BCUT2D eigenvalue weighted by Crippen LogP contribution is -2.40. The lowest BCUT2D eigenvalue weighted by atomic mass is 10.1. The lowest BCUT2D eigenvalue weighted by molar-refractivity contribution is -0.127. The number of guanidine groups is 1. The number of likely N-dealkylation sites (N-methyl/N-ethyl adjacent to an activating group) is 1. The number of rotatable bonds is 8. The summed E-state index contributed by atoms with van der Waals surface area (Å²) in [5, 5.41) is 6.14. The molecule has 0 unspecified atom stereocenters.